The molecule has 0 radical (unpaired) electrons. The molecule has 0 aromatic heterocycles. The van der Waals surface area contributed by atoms with Crippen LogP contribution in [0.15, 0.2) is 12.7 Å². The summed E-state index contributed by atoms with van der Waals surface area (Å²) in [7, 11) is -3.34. The van der Waals surface area contributed by atoms with Gasteiger partial charge in [0.05, 0.1) is 11.7 Å². The average Bonchev–Trinajstić information content (AvgIpc) is 2.17. The molecule has 0 heterocycles. The van der Waals surface area contributed by atoms with Crippen LogP contribution < -0.4 is 4.72 Å². The van der Waals surface area contributed by atoms with E-state index in [9.17, 15) is 13.2 Å². The quantitative estimate of drug-likeness (QED) is 0.702. The van der Waals surface area contributed by atoms with E-state index in [0.717, 1.165) is 6.42 Å². The first-order valence-electron chi connectivity index (χ1n) is 5.28. The molecular weight excluding hydrogens is 230 g/mol. The molecule has 6 heteroatoms. The van der Waals surface area contributed by atoms with Gasteiger partial charge >= 0.3 is 5.97 Å². The SMILES string of the molecule is C=CCS(=O)(=O)NC1CCCC(C(=O)O)C1. The molecule has 92 valence electrons. The molecule has 1 fully saturated rings. The van der Waals surface area contributed by atoms with E-state index in [1.807, 2.05) is 0 Å². The van der Waals surface area contributed by atoms with Gasteiger partial charge < -0.3 is 5.11 Å². The van der Waals surface area contributed by atoms with E-state index in [0.29, 0.717) is 19.3 Å². The number of rotatable bonds is 5. The Labute approximate surface area is 95.6 Å². The first kappa shape index (κ1) is 13.2. The van der Waals surface area contributed by atoms with E-state index in [-0.39, 0.29) is 11.8 Å². The fraction of sp³-hybridized carbons (Fsp3) is 0.700. The number of hydrogen-bond acceptors (Lipinski definition) is 3. The minimum atomic E-state index is -3.34. The van der Waals surface area contributed by atoms with E-state index >= 15 is 0 Å². The summed E-state index contributed by atoms with van der Waals surface area (Å²) in [6.07, 6.45) is 3.79. The number of aliphatic carboxylic acids is 1. The molecule has 0 amide bonds. The highest BCUT2D eigenvalue weighted by Crippen LogP contribution is 2.24. The van der Waals surface area contributed by atoms with Crippen LogP contribution in [0.5, 0.6) is 0 Å². The van der Waals surface area contributed by atoms with Crippen LogP contribution in [0.1, 0.15) is 25.7 Å². The van der Waals surface area contributed by atoms with Crippen molar-refractivity contribution in [3.63, 3.8) is 0 Å². The van der Waals surface area contributed by atoms with Crippen molar-refractivity contribution in [1.82, 2.24) is 4.72 Å². The lowest BCUT2D eigenvalue weighted by Crippen LogP contribution is -2.40. The van der Waals surface area contributed by atoms with Gasteiger partial charge in [-0.3, -0.25) is 4.79 Å². The summed E-state index contributed by atoms with van der Waals surface area (Å²) >= 11 is 0. The second kappa shape index (κ2) is 5.45. The topological polar surface area (TPSA) is 83.5 Å². The van der Waals surface area contributed by atoms with Gasteiger partial charge in [-0.15, -0.1) is 6.58 Å². The highest BCUT2D eigenvalue weighted by atomic mass is 32.2. The van der Waals surface area contributed by atoms with E-state index in [1.54, 1.807) is 0 Å². The lowest BCUT2D eigenvalue weighted by Gasteiger charge is -2.26. The van der Waals surface area contributed by atoms with Crippen LogP contribution in [0.4, 0.5) is 0 Å². The summed E-state index contributed by atoms with van der Waals surface area (Å²) in [5, 5.41) is 8.86. The third-order valence-corrected chi connectivity index (χ3v) is 4.07. The van der Waals surface area contributed by atoms with Gasteiger partial charge in [0.2, 0.25) is 10.0 Å². The molecule has 0 bridgehead atoms. The van der Waals surface area contributed by atoms with Crippen molar-refractivity contribution in [2.24, 2.45) is 5.92 Å². The van der Waals surface area contributed by atoms with Gasteiger partial charge in [-0.2, -0.15) is 0 Å². The maximum Gasteiger partial charge on any atom is 0.306 e. The van der Waals surface area contributed by atoms with Crippen LogP contribution in [0.2, 0.25) is 0 Å². The second-order valence-electron chi connectivity index (χ2n) is 4.09. The molecule has 1 aliphatic carbocycles. The van der Waals surface area contributed by atoms with Crippen molar-refractivity contribution in [2.75, 3.05) is 5.75 Å². The molecule has 1 aliphatic rings. The maximum atomic E-state index is 11.4. The van der Waals surface area contributed by atoms with Crippen molar-refractivity contribution >= 4 is 16.0 Å². The summed E-state index contributed by atoms with van der Waals surface area (Å²) in [6.45, 7) is 3.37. The molecule has 0 aliphatic heterocycles. The standard InChI is InChI=1S/C10H17NO4S/c1-2-6-16(14,15)11-9-5-3-4-8(7-9)10(12)13/h2,8-9,11H,1,3-7H2,(H,12,13). The predicted molar refractivity (Wildman–Crippen MR) is 60.5 cm³/mol. The van der Waals surface area contributed by atoms with Gasteiger partial charge in [0.15, 0.2) is 0 Å². The van der Waals surface area contributed by atoms with Gasteiger partial charge in [-0.1, -0.05) is 12.5 Å². The van der Waals surface area contributed by atoms with Gasteiger partial charge in [-0.25, -0.2) is 13.1 Å². The monoisotopic (exact) mass is 247 g/mol. The van der Waals surface area contributed by atoms with Crippen LogP contribution in [0, 0.1) is 5.92 Å². The third-order valence-electron chi connectivity index (χ3n) is 2.71. The van der Waals surface area contributed by atoms with Crippen LogP contribution >= 0.6 is 0 Å². The number of carboxylic acid groups (broad SMARTS) is 1. The van der Waals surface area contributed by atoms with Crippen molar-refractivity contribution in [2.45, 2.75) is 31.7 Å². The van der Waals surface area contributed by atoms with Crippen molar-refractivity contribution < 1.29 is 18.3 Å². The second-order valence-corrected chi connectivity index (χ2v) is 5.89. The van der Waals surface area contributed by atoms with Gasteiger partial charge in [0.1, 0.15) is 0 Å². The molecule has 0 aromatic rings. The molecule has 2 atom stereocenters. The maximum absolute atomic E-state index is 11.4. The van der Waals surface area contributed by atoms with Crippen LogP contribution in [-0.4, -0.2) is 31.3 Å². The van der Waals surface area contributed by atoms with Crippen molar-refractivity contribution in [3.05, 3.63) is 12.7 Å². The molecule has 0 spiro atoms. The normalized spacial score (nSPS) is 26.2. The fourth-order valence-electron chi connectivity index (χ4n) is 1.98. The summed E-state index contributed by atoms with van der Waals surface area (Å²) in [6, 6.07) is -0.250. The van der Waals surface area contributed by atoms with Crippen molar-refractivity contribution in [1.29, 1.82) is 0 Å². The van der Waals surface area contributed by atoms with E-state index in [2.05, 4.69) is 11.3 Å². The highest BCUT2D eigenvalue weighted by Gasteiger charge is 2.28. The number of carboxylic acids is 1. The van der Waals surface area contributed by atoms with E-state index in [4.69, 9.17) is 5.11 Å². The summed E-state index contributed by atoms with van der Waals surface area (Å²) in [5.74, 6) is -1.39. The lowest BCUT2D eigenvalue weighted by molar-refractivity contribution is -0.143. The molecular formula is C10H17NO4S. The highest BCUT2D eigenvalue weighted by molar-refractivity contribution is 7.89. The third kappa shape index (κ3) is 3.94. The molecule has 2 unspecified atom stereocenters. The van der Waals surface area contributed by atoms with Gasteiger partial charge in [-0.05, 0) is 19.3 Å². The Morgan fingerprint density at radius 3 is 2.75 bits per heavy atom. The first-order valence-corrected chi connectivity index (χ1v) is 6.93. The smallest absolute Gasteiger partial charge is 0.306 e. The zero-order valence-corrected chi connectivity index (χ0v) is 9.87. The Morgan fingerprint density at radius 1 is 1.50 bits per heavy atom. The Morgan fingerprint density at radius 2 is 2.19 bits per heavy atom. The largest absolute Gasteiger partial charge is 0.481 e. The number of carbonyl (C=O) groups is 1. The Balaban J connectivity index is 2.55. The summed E-state index contributed by atoms with van der Waals surface area (Å²) < 4.78 is 25.4. The van der Waals surface area contributed by atoms with Crippen LogP contribution in [0.3, 0.4) is 0 Å². The molecule has 2 N–H and O–H groups in total. The zero-order valence-electron chi connectivity index (χ0n) is 9.05. The Bertz CT molecular complexity index is 363. The Kier molecular flexibility index (Phi) is 4.49. The minimum Gasteiger partial charge on any atom is -0.481 e. The molecule has 1 rings (SSSR count). The molecule has 0 aromatic carbocycles. The zero-order chi connectivity index (χ0) is 12.2. The molecule has 16 heavy (non-hydrogen) atoms. The van der Waals surface area contributed by atoms with Crippen molar-refractivity contribution in [3.8, 4) is 0 Å². The van der Waals surface area contributed by atoms with Gasteiger partial charge in [0, 0.05) is 6.04 Å². The predicted octanol–water partition coefficient (Wildman–Crippen LogP) is 0.735. The fourth-order valence-corrected chi connectivity index (χ4v) is 3.11. The number of sulfonamides is 1. The molecule has 1 saturated carbocycles. The summed E-state index contributed by atoms with van der Waals surface area (Å²) in [4.78, 5) is 10.8. The number of nitrogens with one attached hydrogen (secondary N) is 1. The molecule has 0 saturated heterocycles. The molecule has 5 nitrogen and oxygen atoms in total. The summed E-state index contributed by atoms with van der Waals surface area (Å²) in [5.41, 5.74) is 0. The van der Waals surface area contributed by atoms with E-state index in [1.165, 1.54) is 6.08 Å². The minimum absolute atomic E-state index is 0.124. The van der Waals surface area contributed by atoms with Crippen LogP contribution in [0.25, 0.3) is 0 Å². The average molecular weight is 247 g/mol. The Hall–Kier alpha value is -0.880. The lowest BCUT2D eigenvalue weighted by atomic mass is 9.86. The van der Waals surface area contributed by atoms with E-state index < -0.39 is 21.9 Å². The van der Waals surface area contributed by atoms with Gasteiger partial charge in [0.25, 0.3) is 0 Å². The number of hydrogen-bond donors (Lipinski definition) is 2. The van der Waals surface area contributed by atoms with Crippen LogP contribution in [-0.2, 0) is 14.8 Å². The first-order chi connectivity index (χ1) is 7.44.